The second kappa shape index (κ2) is 7.10. The number of rotatable bonds is 8. The summed E-state index contributed by atoms with van der Waals surface area (Å²) < 4.78 is 5.67. The zero-order chi connectivity index (χ0) is 14.4. The molecular formula is C14H30N2O2. The molecule has 0 atom stereocenters. The van der Waals surface area contributed by atoms with Crippen LogP contribution in [-0.4, -0.2) is 29.7 Å². The highest BCUT2D eigenvalue weighted by Crippen LogP contribution is 2.17. The molecule has 0 aromatic rings. The molecule has 0 aromatic heterocycles. The van der Waals surface area contributed by atoms with Crippen LogP contribution < -0.4 is 11.1 Å². The first-order valence-corrected chi connectivity index (χ1v) is 6.85. The van der Waals surface area contributed by atoms with E-state index in [-0.39, 0.29) is 17.6 Å². The van der Waals surface area contributed by atoms with Crippen LogP contribution in [0.15, 0.2) is 0 Å². The van der Waals surface area contributed by atoms with Crippen LogP contribution in [0.4, 0.5) is 0 Å². The molecule has 3 N–H and O–H groups in total. The van der Waals surface area contributed by atoms with E-state index in [1.165, 1.54) is 0 Å². The van der Waals surface area contributed by atoms with Gasteiger partial charge in [-0.3, -0.25) is 4.79 Å². The van der Waals surface area contributed by atoms with Crippen molar-refractivity contribution in [1.29, 1.82) is 0 Å². The third kappa shape index (κ3) is 6.97. The van der Waals surface area contributed by atoms with Gasteiger partial charge in [0.1, 0.15) is 0 Å². The lowest BCUT2D eigenvalue weighted by Gasteiger charge is -2.34. The summed E-state index contributed by atoms with van der Waals surface area (Å²) in [6.07, 6.45) is 2.21. The number of nitrogens with one attached hydrogen (secondary N) is 1. The van der Waals surface area contributed by atoms with E-state index >= 15 is 0 Å². The number of nitrogens with two attached hydrogens (primary N) is 1. The highest BCUT2D eigenvalue weighted by atomic mass is 16.5. The normalized spacial score (nSPS) is 12.9. The molecule has 18 heavy (non-hydrogen) atoms. The van der Waals surface area contributed by atoms with Crippen molar-refractivity contribution >= 4 is 5.91 Å². The quantitative estimate of drug-likeness (QED) is 0.701. The van der Waals surface area contributed by atoms with Gasteiger partial charge in [-0.2, -0.15) is 0 Å². The van der Waals surface area contributed by atoms with Crippen LogP contribution in [0.1, 0.15) is 60.8 Å². The summed E-state index contributed by atoms with van der Waals surface area (Å²) in [5.74, 6) is -0.00134. The number of ether oxygens (including phenoxy) is 1. The average molecular weight is 258 g/mol. The zero-order valence-corrected chi connectivity index (χ0v) is 12.8. The predicted octanol–water partition coefficient (Wildman–Crippen LogP) is 2.21. The second-order valence-corrected chi connectivity index (χ2v) is 6.06. The van der Waals surface area contributed by atoms with Crippen LogP contribution in [0.5, 0.6) is 0 Å². The Morgan fingerprint density at radius 3 is 2.11 bits per heavy atom. The molecular weight excluding hydrogens is 228 g/mol. The SMILES string of the molecule is CCC(CC)(COC(C)C)NC(=O)CC(C)(C)N. The Kier molecular flexibility index (Phi) is 6.86. The molecule has 4 heteroatoms. The molecule has 0 bridgehead atoms. The Labute approximate surface area is 112 Å². The number of hydrogen-bond donors (Lipinski definition) is 2. The van der Waals surface area contributed by atoms with E-state index < -0.39 is 5.54 Å². The summed E-state index contributed by atoms with van der Waals surface area (Å²) in [4.78, 5) is 12.0. The predicted molar refractivity (Wildman–Crippen MR) is 75.4 cm³/mol. The summed E-state index contributed by atoms with van der Waals surface area (Å²) in [5, 5.41) is 3.10. The molecule has 0 rings (SSSR count). The van der Waals surface area contributed by atoms with Crippen LogP contribution in [0.3, 0.4) is 0 Å². The van der Waals surface area contributed by atoms with Crippen LogP contribution in [0.2, 0.25) is 0 Å². The monoisotopic (exact) mass is 258 g/mol. The lowest BCUT2D eigenvalue weighted by Crippen LogP contribution is -2.53. The lowest BCUT2D eigenvalue weighted by atomic mass is 9.92. The van der Waals surface area contributed by atoms with Gasteiger partial charge in [-0.15, -0.1) is 0 Å². The van der Waals surface area contributed by atoms with E-state index in [0.717, 1.165) is 12.8 Å². The van der Waals surface area contributed by atoms with Crippen molar-refractivity contribution in [3.8, 4) is 0 Å². The second-order valence-electron chi connectivity index (χ2n) is 6.06. The van der Waals surface area contributed by atoms with Gasteiger partial charge in [-0.25, -0.2) is 0 Å². The van der Waals surface area contributed by atoms with Gasteiger partial charge in [0.25, 0.3) is 0 Å². The summed E-state index contributed by atoms with van der Waals surface area (Å²) in [5.41, 5.74) is 5.12. The molecule has 0 aliphatic rings. The van der Waals surface area contributed by atoms with E-state index in [4.69, 9.17) is 10.5 Å². The first-order valence-electron chi connectivity index (χ1n) is 6.85. The van der Waals surface area contributed by atoms with Gasteiger partial charge < -0.3 is 15.8 Å². The molecule has 0 aliphatic carbocycles. The molecule has 1 amide bonds. The standard InChI is InChI=1S/C14H30N2O2/c1-7-14(8-2,10-18-11(3)4)16-12(17)9-13(5,6)15/h11H,7-10,15H2,1-6H3,(H,16,17). The molecule has 0 unspecified atom stereocenters. The molecule has 0 spiro atoms. The van der Waals surface area contributed by atoms with E-state index in [1.807, 2.05) is 27.7 Å². The smallest absolute Gasteiger partial charge is 0.222 e. The van der Waals surface area contributed by atoms with Gasteiger partial charge in [0.2, 0.25) is 5.91 Å². The Bertz CT molecular complexity index is 253. The van der Waals surface area contributed by atoms with Crippen LogP contribution in [0, 0.1) is 0 Å². The van der Waals surface area contributed by atoms with Crippen molar-refractivity contribution < 1.29 is 9.53 Å². The summed E-state index contributed by atoms with van der Waals surface area (Å²) in [6.45, 7) is 12.4. The Balaban J connectivity index is 4.55. The number of carbonyl (C=O) groups is 1. The third-order valence-electron chi connectivity index (χ3n) is 3.07. The van der Waals surface area contributed by atoms with Crippen LogP contribution in [0.25, 0.3) is 0 Å². The minimum atomic E-state index is -0.476. The van der Waals surface area contributed by atoms with E-state index in [0.29, 0.717) is 13.0 Å². The topological polar surface area (TPSA) is 64.3 Å². The van der Waals surface area contributed by atoms with Crippen LogP contribution >= 0.6 is 0 Å². The zero-order valence-electron chi connectivity index (χ0n) is 12.8. The molecule has 0 heterocycles. The summed E-state index contributed by atoms with van der Waals surface area (Å²) in [7, 11) is 0. The minimum absolute atomic E-state index is 0.00134. The molecule has 0 aliphatic heterocycles. The van der Waals surface area contributed by atoms with Gasteiger partial charge in [-0.1, -0.05) is 13.8 Å². The van der Waals surface area contributed by atoms with Crippen molar-refractivity contribution in [2.75, 3.05) is 6.61 Å². The van der Waals surface area contributed by atoms with Crippen molar-refractivity contribution in [3.63, 3.8) is 0 Å². The average Bonchev–Trinajstić information content (AvgIpc) is 2.21. The van der Waals surface area contributed by atoms with Crippen molar-refractivity contribution in [3.05, 3.63) is 0 Å². The maximum Gasteiger partial charge on any atom is 0.222 e. The van der Waals surface area contributed by atoms with Gasteiger partial charge in [0.15, 0.2) is 0 Å². The first kappa shape index (κ1) is 17.4. The Hall–Kier alpha value is -0.610. The fourth-order valence-electron chi connectivity index (χ4n) is 1.75. The largest absolute Gasteiger partial charge is 0.376 e. The number of amides is 1. The molecule has 0 radical (unpaired) electrons. The van der Waals surface area contributed by atoms with Gasteiger partial charge in [-0.05, 0) is 40.5 Å². The molecule has 4 nitrogen and oxygen atoms in total. The van der Waals surface area contributed by atoms with Gasteiger partial charge in [0, 0.05) is 12.0 Å². The van der Waals surface area contributed by atoms with Crippen LogP contribution in [-0.2, 0) is 9.53 Å². The third-order valence-corrected chi connectivity index (χ3v) is 3.07. The lowest BCUT2D eigenvalue weighted by molar-refractivity contribution is -0.125. The minimum Gasteiger partial charge on any atom is -0.376 e. The highest BCUT2D eigenvalue weighted by molar-refractivity contribution is 5.78. The van der Waals surface area contributed by atoms with Crippen molar-refractivity contribution in [2.24, 2.45) is 5.73 Å². The Morgan fingerprint density at radius 2 is 1.78 bits per heavy atom. The molecule has 0 saturated carbocycles. The van der Waals surface area contributed by atoms with Gasteiger partial charge >= 0.3 is 0 Å². The van der Waals surface area contributed by atoms with E-state index in [9.17, 15) is 4.79 Å². The van der Waals surface area contributed by atoms with E-state index in [1.54, 1.807) is 0 Å². The highest BCUT2D eigenvalue weighted by Gasteiger charge is 2.30. The maximum absolute atomic E-state index is 12.0. The fraction of sp³-hybridized carbons (Fsp3) is 0.929. The maximum atomic E-state index is 12.0. The van der Waals surface area contributed by atoms with Crippen molar-refractivity contribution in [2.45, 2.75) is 78.0 Å². The first-order chi connectivity index (χ1) is 8.14. The summed E-state index contributed by atoms with van der Waals surface area (Å²) in [6, 6.07) is 0. The number of carbonyl (C=O) groups excluding carboxylic acids is 1. The molecule has 108 valence electrons. The van der Waals surface area contributed by atoms with E-state index in [2.05, 4.69) is 19.2 Å². The van der Waals surface area contributed by atoms with Crippen molar-refractivity contribution in [1.82, 2.24) is 5.32 Å². The summed E-state index contributed by atoms with van der Waals surface area (Å²) >= 11 is 0. The molecule has 0 saturated heterocycles. The van der Waals surface area contributed by atoms with Gasteiger partial charge in [0.05, 0.1) is 18.2 Å². The molecule has 0 aromatic carbocycles. The fourth-order valence-corrected chi connectivity index (χ4v) is 1.75. The Morgan fingerprint density at radius 1 is 1.28 bits per heavy atom. The number of hydrogen-bond acceptors (Lipinski definition) is 3. The molecule has 0 fully saturated rings.